The Morgan fingerprint density at radius 3 is 2.16 bits per heavy atom. The molecule has 0 unspecified atom stereocenters. The molecular weight excluding hydrogens is 428 g/mol. The Morgan fingerprint density at radius 1 is 0.875 bits per heavy atom. The zero-order chi connectivity index (χ0) is 22.7. The van der Waals surface area contributed by atoms with Crippen molar-refractivity contribution in [1.82, 2.24) is 4.98 Å². The molecule has 4 rings (SSSR count). The molecule has 0 aliphatic rings. The Kier molecular flexibility index (Phi) is 5.98. The Labute approximate surface area is 186 Å². The van der Waals surface area contributed by atoms with E-state index in [2.05, 4.69) is 0 Å². The van der Waals surface area contributed by atoms with Crippen LogP contribution in [0.25, 0.3) is 22.6 Å². The fraction of sp³-hybridized carbons (Fsp3) is 0.125. The van der Waals surface area contributed by atoms with Crippen molar-refractivity contribution in [3.8, 4) is 34.1 Å². The topological polar surface area (TPSA) is 105 Å². The maximum absolute atomic E-state index is 11.6. The van der Waals surface area contributed by atoms with Gasteiger partial charge in [0.2, 0.25) is 10.0 Å². The first-order valence-corrected chi connectivity index (χ1v) is 11.3. The van der Waals surface area contributed by atoms with Gasteiger partial charge in [0, 0.05) is 17.5 Å². The highest BCUT2D eigenvalue weighted by Gasteiger charge is 2.20. The molecule has 0 radical (unpaired) electrons. The first kappa shape index (κ1) is 21.6. The molecule has 164 valence electrons. The maximum atomic E-state index is 11.6. The molecule has 0 aliphatic carbocycles. The van der Waals surface area contributed by atoms with E-state index in [1.165, 1.54) is 12.1 Å². The summed E-state index contributed by atoms with van der Waals surface area (Å²) in [6, 6.07) is 21.6. The van der Waals surface area contributed by atoms with Gasteiger partial charge >= 0.3 is 0 Å². The number of aromatic nitrogens is 1. The fourth-order valence-corrected chi connectivity index (χ4v) is 3.90. The van der Waals surface area contributed by atoms with E-state index in [0.717, 1.165) is 11.1 Å². The van der Waals surface area contributed by atoms with Crippen molar-refractivity contribution in [3.05, 3.63) is 84.3 Å². The Balaban J connectivity index is 1.82. The molecule has 0 fully saturated rings. The maximum Gasteiger partial charge on any atom is 0.238 e. The predicted molar refractivity (Wildman–Crippen MR) is 121 cm³/mol. The molecule has 3 aromatic carbocycles. The molecular formula is C24H22N2O5S. The lowest BCUT2D eigenvalue weighted by Gasteiger charge is -2.09. The van der Waals surface area contributed by atoms with Crippen LogP contribution >= 0.6 is 0 Å². The van der Waals surface area contributed by atoms with Crippen LogP contribution in [0.4, 0.5) is 0 Å². The number of hydrogen-bond acceptors (Lipinski definition) is 6. The number of rotatable bonds is 7. The van der Waals surface area contributed by atoms with Crippen LogP contribution in [0.5, 0.6) is 11.5 Å². The largest absolute Gasteiger partial charge is 0.493 e. The minimum atomic E-state index is -3.79. The van der Waals surface area contributed by atoms with E-state index in [1.807, 2.05) is 42.5 Å². The summed E-state index contributed by atoms with van der Waals surface area (Å²) >= 11 is 0. The van der Waals surface area contributed by atoms with Crippen LogP contribution in [0.15, 0.2) is 82.1 Å². The number of sulfonamides is 1. The number of oxazole rings is 1. The number of nitrogens with two attached hydrogens (primary N) is 1. The highest BCUT2D eigenvalue weighted by molar-refractivity contribution is 7.89. The summed E-state index contributed by atoms with van der Waals surface area (Å²) in [4.78, 5) is 4.75. The van der Waals surface area contributed by atoms with Crippen LogP contribution in [0.3, 0.4) is 0 Å². The van der Waals surface area contributed by atoms with E-state index in [-0.39, 0.29) is 4.90 Å². The molecule has 0 aliphatic heterocycles. The molecule has 0 spiro atoms. The van der Waals surface area contributed by atoms with E-state index in [9.17, 15) is 8.42 Å². The van der Waals surface area contributed by atoms with Gasteiger partial charge in [-0.15, -0.1) is 0 Å². The lowest BCUT2D eigenvalue weighted by atomic mass is 10.1. The van der Waals surface area contributed by atoms with Crippen LogP contribution in [-0.2, 0) is 16.4 Å². The van der Waals surface area contributed by atoms with E-state index < -0.39 is 10.0 Å². The van der Waals surface area contributed by atoms with Gasteiger partial charge in [-0.05, 0) is 35.9 Å². The quantitative estimate of drug-likeness (QED) is 0.451. The molecule has 0 saturated heterocycles. The second-order valence-corrected chi connectivity index (χ2v) is 8.65. The van der Waals surface area contributed by atoms with Gasteiger partial charge in [-0.2, -0.15) is 0 Å². The number of methoxy groups -OCH3 is 2. The smallest absolute Gasteiger partial charge is 0.238 e. The Hall–Kier alpha value is -3.62. The second-order valence-electron chi connectivity index (χ2n) is 7.09. The number of nitrogens with zero attached hydrogens (tertiary/aromatic N) is 1. The number of hydrogen-bond donors (Lipinski definition) is 1. The first-order valence-electron chi connectivity index (χ1n) is 9.78. The first-order chi connectivity index (χ1) is 15.4. The highest BCUT2D eigenvalue weighted by Crippen LogP contribution is 2.38. The van der Waals surface area contributed by atoms with E-state index >= 15 is 0 Å². The molecule has 0 atom stereocenters. The lowest BCUT2D eigenvalue weighted by Crippen LogP contribution is -2.11. The van der Waals surface area contributed by atoms with Gasteiger partial charge in [0.1, 0.15) is 5.69 Å². The Bertz CT molecular complexity index is 1330. The predicted octanol–water partition coefficient (Wildman–Crippen LogP) is 4.26. The molecule has 2 N–H and O–H groups in total. The molecule has 0 amide bonds. The van der Waals surface area contributed by atoms with Crippen molar-refractivity contribution in [3.63, 3.8) is 0 Å². The third-order valence-electron chi connectivity index (χ3n) is 4.97. The third-order valence-corrected chi connectivity index (χ3v) is 5.90. The average Bonchev–Trinajstić information content (AvgIpc) is 3.22. The van der Waals surface area contributed by atoms with Gasteiger partial charge in [-0.3, -0.25) is 0 Å². The van der Waals surface area contributed by atoms with Crippen LogP contribution in [0, 0.1) is 0 Å². The fourth-order valence-electron chi connectivity index (χ4n) is 3.38. The van der Waals surface area contributed by atoms with Gasteiger partial charge in [0.25, 0.3) is 0 Å². The number of primary sulfonamides is 1. The van der Waals surface area contributed by atoms with Gasteiger partial charge < -0.3 is 13.9 Å². The highest BCUT2D eigenvalue weighted by atomic mass is 32.2. The van der Waals surface area contributed by atoms with Gasteiger partial charge in [0.15, 0.2) is 23.1 Å². The minimum Gasteiger partial charge on any atom is -0.493 e. The van der Waals surface area contributed by atoms with Crippen molar-refractivity contribution in [2.75, 3.05) is 14.2 Å². The molecule has 0 saturated carbocycles. The molecule has 0 bridgehead atoms. The number of ether oxygens (including phenoxy) is 2. The van der Waals surface area contributed by atoms with Gasteiger partial charge in [-0.25, -0.2) is 18.5 Å². The molecule has 8 heteroatoms. The van der Waals surface area contributed by atoms with Gasteiger partial charge in [-0.1, -0.05) is 42.5 Å². The lowest BCUT2D eigenvalue weighted by molar-refractivity contribution is 0.355. The second kappa shape index (κ2) is 8.86. The summed E-state index contributed by atoms with van der Waals surface area (Å²) in [5.41, 5.74) is 3.10. The number of benzene rings is 3. The summed E-state index contributed by atoms with van der Waals surface area (Å²) in [6.07, 6.45) is 0.510. The van der Waals surface area contributed by atoms with Crippen LogP contribution in [-0.4, -0.2) is 27.6 Å². The normalized spacial score (nSPS) is 11.3. The third kappa shape index (κ3) is 4.51. The standard InChI is InChI=1S/C24H22N2O5S/c1-29-20-13-10-18(15-21(20)30-2)24-23(17-8-11-19(12-9-17)32(25,27)28)26-22(31-24)14-16-6-4-3-5-7-16/h3-13,15H,14H2,1-2H3,(H2,25,27,28). The molecule has 32 heavy (non-hydrogen) atoms. The van der Waals surface area contributed by atoms with Crippen molar-refractivity contribution in [2.45, 2.75) is 11.3 Å². The summed E-state index contributed by atoms with van der Waals surface area (Å²) in [6.45, 7) is 0. The Morgan fingerprint density at radius 2 is 1.53 bits per heavy atom. The molecule has 7 nitrogen and oxygen atoms in total. The van der Waals surface area contributed by atoms with E-state index in [0.29, 0.717) is 40.8 Å². The van der Waals surface area contributed by atoms with E-state index in [4.69, 9.17) is 24.0 Å². The summed E-state index contributed by atoms with van der Waals surface area (Å²) in [5.74, 6) is 2.23. The molecule has 4 aromatic rings. The van der Waals surface area contributed by atoms with Crippen molar-refractivity contribution < 1.29 is 22.3 Å². The van der Waals surface area contributed by atoms with Crippen LogP contribution < -0.4 is 14.6 Å². The van der Waals surface area contributed by atoms with Crippen molar-refractivity contribution in [1.29, 1.82) is 0 Å². The summed E-state index contributed by atoms with van der Waals surface area (Å²) in [5, 5.41) is 5.23. The SMILES string of the molecule is COc1ccc(-c2oc(Cc3ccccc3)nc2-c2ccc(S(N)(=O)=O)cc2)cc1OC. The summed E-state index contributed by atoms with van der Waals surface area (Å²) in [7, 11) is -0.653. The van der Waals surface area contributed by atoms with Crippen molar-refractivity contribution in [2.24, 2.45) is 5.14 Å². The average molecular weight is 451 g/mol. The van der Waals surface area contributed by atoms with Crippen LogP contribution in [0.2, 0.25) is 0 Å². The molecule has 1 heterocycles. The zero-order valence-corrected chi connectivity index (χ0v) is 18.4. The molecule has 1 aromatic heterocycles. The van der Waals surface area contributed by atoms with E-state index in [1.54, 1.807) is 32.4 Å². The van der Waals surface area contributed by atoms with Gasteiger partial charge in [0.05, 0.1) is 19.1 Å². The zero-order valence-electron chi connectivity index (χ0n) is 17.6. The monoisotopic (exact) mass is 450 g/mol. The van der Waals surface area contributed by atoms with Crippen LogP contribution in [0.1, 0.15) is 11.5 Å². The van der Waals surface area contributed by atoms with Crippen molar-refractivity contribution >= 4 is 10.0 Å². The minimum absolute atomic E-state index is 0.0296. The summed E-state index contributed by atoms with van der Waals surface area (Å²) < 4.78 is 40.2.